The van der Waals surface area contributed by atoms with Gasteiger partial charge in [0.05, 0.1) is 10.9 Å². The van der Waals surface area contributed by atoms with Gasteiger partial charge in [0.2, 0.25) is 0 Å². The Bertz CT molecular complexity index is 654. The molecule has 5 heteroatoms. The number of para-hydroxylation sites is 2. The third-order valence-corrected chi connectivity index (χ3v) is 3.48. The molecule has 2 aromatic carbocycles. The molecule has 21 heavy (non-hydrogen) atoms. The van der Waals surface area contributed by atoms with Crippen LogP contribution >= 0.6 is 11.6 Å². The van der Waals surface area contributed by atoms with Gasteiger partial charge in [-0.25, -0.2) is 0 Å². The summed E-state index contributed by atoms with van der Waals surface area (Å²) in [5, 5.41) is 19.9. The van der Waals surface area contributed by atoms with Crippen LogP contribution in [0.5, 0.6) is 17.2 Å². The second kappa shape index (κ2) is 6.50. The summed E-state index contributed by atoms with van der Waals surface area (Å²) in [6, 6.07) is 11.7. The maximum atomic E-state index is 11.2. The Balaban J connectivity index is 2.38. The Morgan fingerprint density at radius 3 is 2.48 bits per heavy atom. The number of carbonyl (C=O) groups is 1. The van der Waals surface area contributed by atoms with Crippen molar-refractivity contribution in [2.75, 3.05) is 0 Å². The standard InChI is InChI=1S/C16H15ClO4/c1-2-10(16(19)20)11-6-5-9-14(15(11)18)21-13-8-4-3-7-12(13)17/h3-10,18H,2H2,1H3,(H,19,20). The van der Waals surface area contributed by atoms with Gasteiger partial charge in [0.25, 0.3) is 0 Å². The SMILES string of the molecule is CCC(C(=O)O)c1cccc(Oc2ccccc2Cl)c1O. The lowest BCUT2D eigenvalue weighted by molar-refractivity contribution is -0.138. The first-order chi connectivity index (χ1) is 10.0. The lowest BCUT2D eigenvalue weighted by Crippen LogP contribution is -2.10. The highest BCUT2D eigenvalue weighted by Gasteiger charge is 2.23. The number of rotatable bonds is 5. The van der Waals surface area contributed by atoms with Crippen LogP contribution in [0.1, 0.15) is 24.8 Å². The third-order valence-electron chi connectivity index (χ3n) is 3.17. The number of phenolic OH excluding ortho intramolecular Hbond substituents is 1. The van der Waals surface area contributed by atoms with E-state index in [2.05, 4.69) is 0 Å². The molecular formula is C16H15ClO4. The Morgan fingerprint density at radius 2 is 1.86 bits per heavy atom. The number of benzene rings is 2. The van der Waals surface area contributed by atoms with Crippen molar-refractivity contribution in [2.24, 2.45) is 0 Å². The van der Waals surface area contributed by atoms with E-state index in [0.717, 1.165) is 0 Å². The van der Waals surface area contributed by atoms with E-state index in [0.29, 0.717) is 22.8 Å². The van der Waals surface area contributed by atoms with Crippen LogP contribution in [0.2, 0.25) is 5.02 Å². The highest BCUT2D eigenvalue weighted by Crippen LogP contribution is 2.39. The lowest BCUT2D eigenvalue weighted by Gasteiger charge is -2.15. The van der Waals surface area contributed by atoms with Gasteiger partial charge in [-0.05, 0) is 24.6 Å². The van der Waals surface area contributed by atoms with Crippen LogP contribution in [0.3, 0.4) is 0 Å². The fourth-order valence-corrected chi connectivity index (χ4v) is 2.25. The van der Waals surface area contributed by atoms with E-state index < -0.39 is 11.9 Å². The molecule has 4 nitrogen and oxygen atoms in total. The minimum atomic E-state index is -0.984. The number of carboxylic acids is 1. The number of halogens is 1. The first-order valence-corrected chi connectivity index (χ1v) is 6.89. The Labute approximate surface area is 127 Å². The number of aliphatic carboxylic acids is 1. The van der Waals surface area contributed by atoms with Crippen LogP contribution in [0.4, 0.5) is 0 Å². The molecule has 2 N–H and O–H groups in total. The van der Waals surface area contributed by atoms with E-state index in [4.69, 9.17) is 16.3 Å². The summed E-state index contributed by atoms with van der Waals surface area (Å²) < 4.78 is 5.58. The van der Waals surface area contributed by atoms with E-state index in [9.17, 15) is 15.0 Å². The number of carboxylic acid groups (broad SMARTS) is 1. The van der Waals surface area contributed by atoms with E-state index in [-0.39, 0.29) is 11.5 Å². The van der Waals surface area contributed by atoms with Crippen LogP contribution in [-0.2, 0) is 4.79 Å². The van der Waals surface area contributed by atoms with Crippen LogP contribution in [0.25, 0.3) is 0 Å². The highest BCUT2D eigenvalue weighted by molar-refractivity contribution is 6.32. The normalized spacial score (nSPS) is 11.9. The van der Waals surface area contributed by atoms with E-state index in [1.807, 2.05) is 0 Å². The van der Waals surface area contributed by atoms with E-state index >= 15 is 0 Å². The van der Waals surface area contributed by atoms with Crippen LogP contribution in [0.15, 0.2) is 42.5 Å². The largest absolute Gasteiger partial charge is 0.504 e. The average molecular weight is 307 g/mol. The zero-order valence-corrected chi connectivity index (χ0v) is 12.2. The molecule has 0 fully saturated rings. The summed E-state index contributed by atoms with van der Waals surface area (Å²) in [7, 11) is 0. The minimum Gasteiger partial charge on any atom is -0.504 e. The maximum Gasteiger partial charge on any atom is 0.311 e. The maximum absolute atomic E-state index is 11.2. The van der Waals surface area contributed by atoms with Gasteiger partial charge in [0.1, 0.15) is 5.75 Å². The van der Waals surface area contributed by atoms with E-state index in [1.165, 1.54) is 0 Å². The van der Waals surface area contributed by atoms with Gasteiger partial charge in [-0.2, -0.15) is 0 Å². The first kappa shape index (κ1) is 15.2. The molecule has 0 aliphatic rings. The quantitative estimate of drug-likeness (QED) is 0.858. The molecule has 1 unspecified atom stereocenters. The summed E-state index contributed by atoms with van der Waals surface area (Å²) in [6.45, 7) is 1.75. The van der Waals surface area contributed by atoms with Gasteiger partial charge < -0.3 is 14.9 Å². The fourth-order valence-electron chi connectivity index (χ4n) is 2.08. The zero-order chi connectivity index (χ0) is 15.4. The topological polar surface area (TPSA) is 66.8 Å². The van der Waals surface area contributed by atoms with Gasteiger partial charge in [-0.3, -0.25) is 4.79 Å². The zero-order valence-electron chi connectivity index (χ0n) is 11.4. The molecular weight excluding hydrogens is 292 g/mol. The molecule has 110 valence electrons. The molecule has 0 heterocycles. The third kappa shape index (κ3) is 3.28. The fraction of sp³-hybridized carbons (Fsp3) is 0.188. The summed E-state index contributed by atoms with van der Waals surface area (Å²) in [4.78, 5) is 11.2. The molecule has 0 bridgehead atoms. The highest BCUT2D eigenvalue weighted by atomic mass is 35.5. The van der Waals surface area contributed by atoms with Crippen molar-refractivity contribution in [3.05, 3.63) is 53.1 Å². The molecule has 0 saturated carbocycles. The van der Waals surface area contributed by atoms with Crippen molar-refractivity contribution in [3.8, 4) is 17.2 Å². The van der Waals surface area contributed by atoms with Gasteiger partial charge >= 0.3 is 5.97 Å². The van der Waals surface area contributed by atoms with Gasteiger partial charge in [-0.1, -0.05) is 42.8 Å². The number of ether oxygens (including phenoxy) is 1. The Kier molecular flexibility index (Phi) is 4.70. The number of phenols is 1. The second-order valence-electron chi connectivity index (χ2n) is 4.53. The summed E-state index contributed by atoms with van der Waals surface area (Å²) in [5.41, 5.74) is 0.328. The van der Waals surface area contributed by atoms with Gasteiger partial charge in [0, 0.05) is 5.56 Å². The molecule has 0 aliphatic heterocycles. The Hall–Kier alpha value is -2.20. The molecule has 2 rings (SSSR count). The summed E-state index contributed by atoms with van der Waals surface area (Å²) in [6.07, 6.45) is 0.373. The first-order valence-electron chi connectivity index (χ1n) is 6.51. The van der Waals surface area contributed by atoms with Crippen molar-refractivity contribution in [1.82, 2.24) is 0 Å². The molecule has 0 spiro atoms. The Morgan fingerprint density at radius 1 is 1.19 bits per heavy atom. The van der Waals surface area contributed by atoms with Crippen molar-refractivity contribution >= 4 is 17.6 Å². The molecule has 1 atom stereocenters. The van der Waals surface area contributed by atoms with Crippen molar-refractivity contribution in [1.29, 1.82) is 0 Å². The van der Waals surface area contributed by atoms with Gasteiger partial charge in [0.15, 0.2) is 11.5 Å². The predicted octanol–water partition coefficient (Wildman–Crippen LogP) is 4.42. The molecule has 0 saturated heterocycles. The van der Waals surface area contributed by atoms with Crippen LogP contribution in [-0.4, -0.2) is 16.2 Å². The molecule has 0 radical (unpaired) electrons. The average Bonchev–Trinajstić information content (AvgIpc) is 2.45. The smallest absolute Gasteiger partial charge is 0.311 e. The number of hydrogen-bond donors (Lipinski definition) is 2. The number of hydrogen-bond acceptors (Lipinski definition) is 3. The molecule has 0 aromatic heterocycles. The summed E-state index contributed by atoms with van der Waals surface area (Å²) >= 11 is 6.01. The lowest BCUT2D eigenvalue weighted by atomic mass is 9.95. The minimum absolute atomic E-state index is 0.174. The van der Waals surface area contributed by atoms with Gasteiger partial charge in [-0.15, -0.1) is 0 Å². The molecule has 0 aliphatic carbocycles. The van der Waals surface area contributed by atoms with Crippen molar-refractivity contribution in [2.45, 2.75) is 19.3 Å². The molecule has 0 amide bonds. The van der Waals surface area contributed by atoms with Crippen LogP contribution in [0, 0.1) is 0 Å². The molecule has 2 aromatic rings. The van der Waals surface area contributed by atoms with Crippen molar-refractivity contribution in [3.63, 3.8) is 0 Å². The predicted molar refractivity (Wildman–Crippen MR) is 80.3 cm³/mol. The number of aromatic hydroxyl groups is 1. The monoisotopic (exact) mass is 306 g/mol. The van der Waals surface area contributed by atoms with E-state index in [1.54, 1.807) is 49.4 Å². The second-order valence-corrected chi connectivity index (χ2v) is 4.93. The summed E-state index contributed by atoms with van der Waals surface area (Å²) in [5.74, 6) is -1.36. The van der Waals surface area contributed by atoms with Crippen LogP contribution < -0.4 is 4.74 Å². The van der Waals surface area contributed by atoms with Crippen molar-refractivity contribution < 1.29 is 19.7 Å².